The van der Waals surface area contributed by atoms with E-state index in [-0.39, 0.29) is 0 Å². The zero-order valence-electron chi connectivity index (χ0n) is 9.45. The Balaban J connectivity index is 2.37. The summed E-state index contributed by atoms with van der Waals surface area (Å²) in [6, 6.07) is 0.719. The molecule has 1 heterocycles. The Morgan fingerprint density at radius 2 is 2.40 bits per heavy atom. The summed E-state index contributed by atoms with van der Waals surface area (Å²) in [7, 11) is 0. The van der Waals surface area contributed by atoms with Crippen molar-refractivity contribution >= 4 is 15.9 Å². The van der Waals surface area contributed by atoms with E-state index >= 15 is 0 Å². The molecule has 0 amide bonds. The standard InChI is InChI=1S/C13H20BrN/c1-3-7-13-9-6-11-15(13)10-5-8-12(14)4-2/h3-5,8,13H,1,6-7,9-11H2,2H3/b8-5+,12-4-. The van der Waals surface area contributed by atoms with Gasteiger partial charge in [0.05, 0.1) is 0 Å². The molecule has 0 bridgehead atoms. The van der Waals surface area contributed by atoms with E-state index in [2.05, 4.69) is 45.6 Å². The first kappa shape index (κ1) is 12.7. The van der Waals surface area contributed by atoms with Crippen LogP contribution in [0.5, 0.6) is 0 Å². The van der Waals surface area contributed by atoms with Gasteiger partial charge in [0.2, 0.25) is 0 Å². The fourth-order valence-corrected chi connectivity index (χ4v) is 2.18. The predicted octanol–water partition coefficient (Wildman–Crippen LogP) is 3.88. The van der Waals surface area contributed by atoms with Crippen molar-refractivity contribution in [1.82, 2.24) is 4.90 Å². The molecule has 1 fully saturated rings. The van der Waals surface area contributed by atoms with Gasteiger partial charge in [0.25, 0.3) is 0 Å². The quantitative estimate of drug-likeness (QED) is 0.541. The monoisotopic (exact) mass is 269 g/mol. The van der Waals surface area contributed by atoms with Crippen LogP contribution < -0.4 is 0 Å². The van der Waals surface area contributed by atoms with Crippen LogP contribution in [0.2, 0.25) is 0 Å². The average molecular weight is 270 g/mol. The van der Waals surface area contributed by atoms with Crippen LogP contribution in [0.4, 0.5) is 0 Å². The second-order valence-electron chi connectivity index (χ2n) is 3.89. The van der Waals surface area contributed by atoms with Gasteiger partial charge in [-0.25, -0.2) is 0 Å². The summed E-state index contributed by atoms with van der Waals surface area (Å²) in [4.78, 5) is 2.54. The van der Waals surface area contributed by atoms with Gasteiger partial charge in [-0.15, -0.1) is 6.58 Å². The molecule has 0 N–H and O–H groups in total. The number of rotatable bonds is 5. The third kappa shape index (κ3) is 4.35. The molecule has 0 aromatic heterocycles. The SMILES string of the molecule is C=CCC1CCCN1C/C=C/C(Br)=C/C. The van der Waals surface area contributed by atoms with Crippen LogP contribution in [-0.4, -0.2) is 24.0 Å². The molecule has 0 aromatic carbocycles. The lowest BCUT2D eigenvalue weighted by Crippen LogP contribution is -2.28. The number of halogens is 1. The highest BCUT2D eigenvalue weighted by molar-refractivity contribution is 9.11. The van der Waals surface area contributed by atoms with Gasteiger partial charge in [-0.05, 0) is 32.7 Å². The maximum Gasteiger partial charge on any atom is 0.0169 e. The topological polar surface area (TPSA) is 3.24 Å². The highest BCUT2D eigenvalue weighted by atomic mass is 79.9. The Hall–Kier alpha value is -0.340. The van der Waals surface area contributed by atoms with Crippen LogP contribution in [-0.2, 0) is 0 Å². The molecule has 2 heteroatoms. The molecule has 0 spiro atoms. The predicted molar refractivity (Wildman–Crippen MR) is 71.2 cm³/mol. The maximum absolute atomic E-state index is 3.82. The van der Waals surface area contributed by atoms with Crippen molar-refractivity contribution in [3.05, 3.63) is 35.4 Å². The molecular weight excluding hydrogens is 250 g/mol. The number of likely N-dealkylation sites (tertiary alicyclic amines) is 1. The van der Waals surface area contributed by atoms with Gasteiger partial charge < -0.3 is 0 Å². The molecule has 1 aliphatic heterocycles. The van der Waals surface area contributed by atoms with Gasteiger partial charge in [-0.3, -0.25) is 4.90 Å². The molecule has 1 rings (SSSR count). The number of hydrogen-bond acceptors (Lipinski definition) is 1. The molecular formula is C13H20BrN. The van der Waals surface area contributed by atoms with E-state index in [9.17, 15) is 0 Å². The largest absolute Gasteiger partial charge is 0.296 e. The van der Waals surface area contributed by atoms with E-state index < -0.39 is 0 Å². The Bertz CT molecular complexity index is 255. The van der Waals surface area contributed by atoms with Crippen LogP contribution in [0.3, 0.4) is 0 Å². The van der Waals surface area contributed by atoms with Gasteiger partial charge in [-0.2, -0.15) is 0 Å². The Kier molecular flexibility index (Phi) is 5.96. The first-order chi connectivity index (χ1) is 7.27. The average Bonchev–Trinajstić information content (AvgIpc) is 2.66. The van der Waals surface area contributed by atoms with Crippen LogP contribution in [0.15, 0.2) is 35.4 Å². The minimum absolute atomic E-state index is 0.719. The zero-order chi connectivity index (χ0) is 11.1. The normalized spacial score (nSPS) is 23.9. The molecule has 0 radical (unpaired) electrons. The molecule has 84 valence electrons. The van der Waals surface area contributed by atoms with Crippen molar-refractivity contribution in [3.63, 3.8) is 0 Å². The van der Waals surface area contributed by atoms with Gasteiger partial charge in [0.1, 0.15) is 0 Å². The highest BCUT2D eigenvalue weighted by Gasteiger charge is 2.21. The minimum Gasteiger partial charge on any atom is -0.296 e. The third-order valence-corrected chi connectivity index (χ3v) is 3.55. The Morgan fingerprint density at radius 1 is 1.60 bits per heavy atom. The molecule has 1 nitrogen and oxygen atoms in total. The van der Waals surface area contributed by atoms with Crippen LogP contribution in [0, 0.1) is 0 Å². The Morgan fingerprint density at radius 3 is 3.07 bits per heavy atom. The number of nitrogens with zero attached hydrogens (tertiary/aromatic N) is 1. The van der Waals surface area contributed by atoms with Crippen molar-refractivity contribution in [2.45, 2.75) is 32.2 Å². The second-order valence-corrected chi connectivity index (χ2v) is 4.81. The second kappa shape index (κ2) is 7.02. The van der Waals surface area contributed by atoms with Gasteiger partial charge in [0.15, 0.2) is 0 Å². The van der Waals surface area contributed by atoms with Crippen LogP contribution in [0.25, 0.3) is 0 Å². The van der Waals surface area contributed by atoms with Crippen molar-refractivity contribution in [2.24, 2.45) is 0 Å². The molecule has 0 aliphatic carbocycles. The van der Waals surface area contributed by atoms with Crippen molar-refractivity contribution in [1.29, 1.82) is 0 Å². The van der Waals surface area contributed by atoms with E-state index in [4.69, 9.17) is 0 Å². The first-order valence-electron chi connectivity index (χ1n) is 5.61. The number of hydrogen-bond donors (Lipinski definition) is 0. The Labute approximate surface area is 102 Å². The fraction of sp³-hybridized carbons (Fsp3) is 0.538. The molecule has 1 saturated heterocycles. The van der Waals surface area contributed by atoms with E-state index in [0.717, 1.165) is 23.5 Å². The smallest absolute Gasteiger partial charge is 0.0169 e. The first-order valence-corrected chi connectivity index (χ1v) is 6.40. The highest BCUT2D eigenvalue weighted by Crippen LogP contribution is 2.20. The molecule has 15 heavy (non-hydrogen) atoms. The lowest BCUT2D eigenvalue weighted by Gasteiger charge is -2.21. The lowest BCUT2D eigenvalue weighted by molar-refractivity contribution is 0.282. The van der Waals surface area contributed by atoms with E-state index in [1.807, 2.05) is 13.0 Å². The molecule has 1 atom stereocenters. The summed E-state index contributed by atoms with van der Waals surface area (Å²) in [5.41, 5.74) is 0. The van der Waals surface area contributed by atoms with Crippen molar-refractivity contribution < 1.29 is 0 Å². The maximum atomic E-state index is 3.82. The number of allylic oxidation sites excluding steroid dienone is 3. The van der Waals surface area contributed by atoms with E-state index in [0.29, 0.717) is 0 Å². The van der Waals surface area contributed by atoms with Gasteiger partial charge in [-0.1, -0.05) is 40.2 Å². The molecule has 0 aromatic rings. The lowest BCUT2D eigenvalue weighted by atomic mass is 10.1. The van der Waals surface area contributed by atoms with Gasteiger partial charge >= 0.3 is 0 Å². The summed E-state index contributed by atoms with van der Waals surface area (Å²) in [5, 5.41) is 0. The summed E-state index contributed by atoms with van der Waals surface area (Å²) in [5.74, 6) is 0. The molecule has 0 saturated carbocycles. The summed E-state index contributed by atoms with van der Waals surface area (Å²) >= 11 is 3.47. The van der Waals surface area contributed by atoms with Crippen molar-refractivity contribution in [2.75, 3.05) is 13.1 Å². The summed E-state index contributed by atoms with van der Waals surface area (Å²) < 4.78 is 1.15. The van der Waals surface area contributed by atoms with Gasteiger partial charge in [0, 0.05) is 17.1 Å². The van der Waals surface area contributed by atoms with Crippen LogP contribution >= 0.6 is 15.9 Å². The third-order valence-electron chi connectivity index (χ3n) is 2.83. The molecule has 1 unspecified atom stereocenters. The zero-order valence-corrected chi connectivity index (χ0v) is 11.0. The van der Waals surface area contributed by atoms with E-state index in [1.165, 1.54) is 19.4 Å². The summed E-state index contributed by atoms with van der Waals surface area (Å²) in [6.07, 6.45) is 12.2. The fourth-order valence-electron chi connectivity index (χ4n) is 1.99. The van der Waals surface area contributed by atoms with Crippen molar-refractivity contribution in [3.8, 4) is 0 Å². The minimum atomic E-state index is 0.719. The summed E-state index contributed by atoms with van der Waals surface area (Å²) in [6.45, 7) is 8.14. The molecule has 1 aliphatic rings. The van der Waals surface area contributed by atoms with E-state index in [1.54, 1.807) is 0 Å². The van der Waals surface area contributed by atoms with Crippen LogP contribution in [0.1, 0.15) is 26.2 Å².